The lowest BCUT2D eigenvalue weighted by Gasteiger charge is -2.16. The Hall–Kier alpha value is -1.69. The minimum Gasteiger partial charge on any atom is -0.465 e. The van der Waals surface area contributed by atoms with Gasteiger partial charge in [0.1, 0.15) is 11.3 Å². The smallest absolute Gasteiger partial charge is 0.306 e. The van der Waals surface area contributed by atoms with Crippen molar-refractivity contribution in [3.05, 3.63) is 24.3 Å². The Balaban J connectivity index is 2.22. The zero-order valence-electron chi connectivity index (χ0n) is 12.0. The number of fused-ring (bicyclic) bond motifs is 1. The molecule has 0 bridgehead atoms. The van der Waals surface area contributed by atoms with Gasteiger partial charge in [-0.25, -0.2) is 0 Å². The monoisotopic (exact) mass is 298 g/mol. The van der Waals surface area contributed by atoms with Gasteiger partial charge in [-0.15, -0.1) is 0 Å². The summed E-state index contributed by atoms with van der Waals surface area (Å²) in [5.41, 5.74) is 0.651. The highest BCUT2D eigenvalue weighted by Crippen LogP contribution is 2.29. The van der Waals surface area contributed by atoms with Crippen LogP contribution in [0.15, 0.2) is 28.7 Å². The van der Waals surface area contributed by atoms with Gasteiger partial charge in [0.25, 0.3) is 5.95 Å². The molecule has 0 saturated carbocycles. The number of ether oxygens (including phenoxy) is 1. The highest BCUT2D eigenvalue weighted by atomic mass is 32.2. The molecule has 0 N–H and O–H groups in total. The highest BCUT2D eigenvalue weighted by molar-refractivity contribution is 7.86. The van der Waals surface area contributed by atoms with E-state index in [1.54, 1.807) is 24.3 Å². The third-order valence-electron chi connectivity index (χ3n) is 2.36. The molecule has 1 heterocycles. The van der Waals surface area contributed by atoms with Crippen LogP contribution in [0.2, 0.25) is 0 Å². The van der Waals surface area contributed by atoms with Crippen LogP contribution in [0.5, 0.6) is 11.7 Å². The van der Waals surface area contributed by atoms with Gasteiger partial charge in [0.2, 0.25) is 0 Å². The van der Waals surface area contributed by atoms with E-state index in [4.69, 9.17) is 13.3 Å². The van der Waals surface area contributed by atoms with Gasteiger partial charge in [-0.3, -0.25) is 0 Å². The normalized spacial score (nSPS) is 12.6. The van der Waals surface area contributed by atoms with Crippen LogP contribution in [0.3, 0.4) is 0 Å². The van der Waals surface area contributed by atoms with Gasteiger partial charge in [0.15, 0.2) is 0 Å². The van der Waals surface area contributed by atoms with E-state index in [1.165, 1.54) is 0 Å². The van der Waals surface area contributed by atoms with Crippen LogP contribution in [-0.2, 0) is 10.1 Å². The van der Waals surface area contributed by atoms with Crippen molar-refractivity contribution in [2.75, 3.05) is 12.9 Å². The van der Waals surface area contributed by atoms with E-state index in [-0.39, 0.29) is 11.2 Å². The Kier molecular flexibility index (Phi) is 3.69. The number of hydrogen-bond acceptors (Lipinski definition) is 5. The summed E-state index contributed by atoms with van der Waals surface area (Å²) in [6.07, 6.45) is 1.00. The fourth-order valence-electron chi connectivity index (χ4n) is 1.58. The number of furan rings is 1. The number of rotatable bonds is 4. The highest BCUT2D eigenvalue weighted by Gasteiger charge is 2.14. The van der Waals surface area contributed by atoms with Crippen LogP contribution in [-0.4, -0.2) is 21.3 Å². The fraction of sp³-hybridized carbons (Fsp3) is 0.429. The Morgan fingerprint density at radius 3 is 2.50 bits per heavy atom. The largest absolute Gasteiger partial charge is 0.465 e. The summed E-state index contributed by atoms with van der Waals surface area (Å²) >= 11 is 0. The average Bonchev–Trinajstić information content (AvgIpc) is 2.65. The first-order chi connectivity index (χ1) is 9.12. The van der Waals surface area contributed by atoms with Crippen molar-refractivity contribution in [3.8, 4) is 11.7 Å². The van der Waals surface area contributed by atoms with Gasteiger partial charge in [-0.05, 0) is 23.6 Å². The molecule has 1 aromatic heterocycles. The predicted octanol–water partition coefficient (Wildman–Crippen LogP) is 3.20. The van der Waals surface area contributed by atoms with E-state index in [0.29, 0.717) is 18.1 Å². The molecule has 6 heteroatoms. The van der Waals surface area contributed by atoms with E-state index >= 15 is 0 Å². The molecule has 2 aromatic rings. The zero-order chi connectivity index (χ0) is 15.0. The minimum atomic E-state index is -3.53. The first-order valence-corrected chi connectivity index (χ1v) is 8.00. The molecule has 1 aromatic carbocycles. The average molecular weight is 298 g/mol. The quantitative estimate of drug-likeness (QED) is 0.811. The van der Waals surface area contributed by atoms with Crippen molar-refractivity contribution in [1.82, 2.24) is 0 Å². The molecule has 0 aliphatic carbocycles. The topological polar surface area (TPSA) is 65.7 Å². The van der Waals surface area contributed by atoms with Crippen molar-refractivity contribution in [1.29, 1.82) is 0 Å². The van der Waals surface area contributed by atoms with Gasteiger partial charge < -0.3 is 13.3 Å². The summed E-state index contributed by atoms with van der Waals surface area (Å²) in [5.74, 6) is 0.662. The van der Waals surface area contributed by atoms with Crippen molar-refractivity contribution in [2.45, 2.75) is 20.8 Å². The van der Waals surface area contributed by atoms with Crippen LogP contribution in [0.25, 0.3) is 11.0 Å². The van der Waals surface area contributed by atoms with Gasteiger partial charge in [0.05, 0.1) is 12.9 Å². The molecule has 0 fully saturated rings. The van der Waals surface area contributed by atoms with E-state index < -0.39 is 10.1 Å². The van der Waals surface area contributed by atoms with Crippen molar-refractivity contribution in [2.24, 2.45) is 5.41 Å². The molecule has 2 rings (SSSR count). The summed E-state index contributed by atoms with van der Waals surface area (Å²) in [4.78, 5) is 0. The number of hydrogen-bond donors (Lipinski definition) is 0. The summed E-state index contributed by atoms with van der Waals surface area (Å²) in [6, 6.07) is 6.51. The van der Waals surface area contributed by atoms with Gasteiger partial charge in [-0.2, -0.15) is 8.42 Å². The SMILES string of the molecule is CC(C)(C)COc1cc2cc(OS(C)(=O)=O)ccc2o1. The molecular weight excluding hydrogens is 280 g/mol. The summed E-state index contributed by atoms with van der Waals surface area (Å²) in [7, 11) is -3.53. The maximum Gasteiger partial charge on any atom is 0.306 e. The van der Waals surface area contributed by atoms with Gasteiger partial charge >= 0.3 is 10.1 Å². The molecule has 0 atom stereocenters. The summed E-state index contributed by atoms with van der Waals surface area (Å²) < 4.78 is 38.1. The van der Waals surface area contributed by atoms with Crippen LogP contribution < -0.4 is 8.92 Å². The van der Waals surface area contributed by atoms with Crippen LogP contribution in [0, 0.1) is 5.41 Å². The predicted molar refractivity (Wildman–Crippen MR) is 76.6 cm³/mol. The Bertz CT molecular complexity index is 707. The van der Waals surface area contributed by atoms with Crippen molar-refractivity contribution >= 4 is 21.1 Å². The van der Waals surface area contributed by atoms with E-state index in [0.717, 1.165) is 11.6 Å². The Morgan fingerprint density at radius 1 is 1.20 bits per heavy atom. The Morgan fingerprint density at radius 2 is 1.90 bits per heavy atom. The summed E-state index contributed by atoms with van der Waals surface area (Å²) in [5, 5.41) is 0.732. The third-order valence-corrected chi connectivity index (χ3v) is 2.86. The van der Waals surface area contributed by atoms with E-state index in [9.17, 15) is 8.42 Å². The minimum absolute atomic E-state index is 0.0313. The molecular formula is C14H18O5S. The first-order valence-electron chi connectivity index (χ1n) is 6.18. The maximum atomic E-state index is 11.1. The summed E-state index contributed by atoms with van der Waals surface area (Å²) in [6.45, 7) is 6.72. The second-order valence-corrected chi connectivity index (χ2v) is 7.48. The lowest BCUT2D eigenvalue weighted by molar-refractivity contribution is 0.163. The lowest BCUT2D eigenvalue weighted by Crippen LogP contribution is -2.16. The second kappa shape index (κ2) is 5.01. The molecule has 0 aliphatic rings. The van der Waals surface area contributed by atoms with Crippen molar-refractivity contribution in [3.63, 3.8) is 0 Å². The van der Waals surface area contributed by atoms with Crippen LogP contribution in [0.1, 0.15) is 20.8 Å². The fourth-order valence-corrected chi connectivity index (χ4v) is 2.04. The third kappa shape index (κ3) is 4.16. The molecule has 0 saturated heterocycles. The molecule has 0 aliphatic heterocycles. The second-order valence-electron chi connectivity index (χ2n) is 5.90. The molecule has 0 amide bonds. The van der Waals surface area contributed by atoms with Gasteiger partial charge in [0, 0.05) is 11.5 Å². The lowest BCUT2D eigenvalue weighted by atomic mass is 9.99. The standard InChI is InChI=1S/C14H18O5S/c1-14(2,3)9-17-13-8-10-7-11(19-20(4,15)16)5-6-12(10)18-13/h5-8H,9H2,1-4H3. The molecule has 110 valence electrons. The zero-order valence-corrected chi connectivity index (χ0v) is 12.8. The Labute approximate surface area is 118 Å². The van der Waals surface area contributed by atoms with Crippen molar-refractivity contribution < 1.29 is 21.8 Å². The number of benzene rings is 1. The van der Waals surface area contributed by atoms with Crippen LogP contribution >= 0.6 is 0 Å². The molecule has 5 nitrogen and oxygen atoms in total. The first kappa shape index (κ1) is 14.7. The molecule has 0 radical (unpaired) electrons. The van der Waals surface area contributed by atoms with E-state index in [1.807, 2.05) is 0 Å². The molecule has 20 heavy (non-hydrogen) atoms. The van der Waals surface area contributed by atoms with Crippen LogP contribution in [0.4, 0.5) is 0 Å². The van der Waals surface area contributed by atoms with E-state index in [2.05, 4.69) is 20.8 Å². The maximum absolute atomic E-state index is 11.1. The van der Waals surface area contributed by atoms with Gasteiger partial charge in [-0.1, -0.05) is 20.8 Å². The molecule has 0 unspecified atom stereocenters. The molecule has 0 spiro atoms.